The number of benzene rings is 2. The topological polar surface area (TPSA) is 35.2 Å². The quantitative estimate of drug-likeness (QED) is 0.904. The first-order valence-corrected chi connectivity index (χ1v) is 6.76. The lowest BCUT2D eigenvalue weighted by Crippen LogP contribution is -2.29. The van der Waals surface area contributed by atoms with Crippen LogP contribution in [0.1, 0.15) is 18.6 Å². The molecule has 2 aromatic carbocycles. The van der Waals surface area contributed by atoms with E-state index in [2.05, 4.69) is 0 Å². The van der Waals surface area contributed by atoms with Gasteiger partial charge in [0.1, 0.15) is 16.9 Å². The molecule has 2 atom stereocenters. The van der Waals surface area contributed by atoms with E-state index in [-0.39, 0.29) is 12.1 Å². The molecule has 0 aliphatic heterocycles. The van der Waals surface area contributed by atoms with Gasteiger partial charge in [0, 0.05) is 6.04 Å². The van der Waals surface area contributed by atoms with Crippen LogP contribution in [0.5, 0.6) is 5.75 Å². The molecule has 0 bridgehead atoms. The van der Waals surface area contributed by atoms with Crippen molar-refractivity contribution in [2.75, 3.05) is 0 Å². The molecule has 2 aromatic rings. The molecule has 0 amide bonds. The number of hydrogen-bond donors (Lipinski definition) is 1. The minimum Gasteiger partial charge on any atom is -0.482 e. The van der Waals surface area contributed by atoms with Crippen LogP contribution in [0.15, 0.2) is 48.5 Å². The zero-order valence-electron chi connectivity index (χ0n) is 10.5. The Bertz CT molecular complexity index is 543. The minimum absolute atomic E-state index is 0.169. The highest BCUT2D eigenvalue weighted by Gasteiger charge is 2.19. The molecule has 0 spiro atoms. The first-order valence-electron chi connectivity index (χ1n) is 6.01. The van der Waals surface area contributed by atoms with Gasteiger partial charge in [-0.1, -0.05) is 59.6 Å². The van der Waals surface area contributed by atoms with E-state index < -0.39 is 0 Å². The van der Waals surface area contributed by atoms with Gasteiger partial charge in [-0.15, -0.1) is 0 Å². The molecular weight excluding hydrogens is 281 g/mol. The second kappa shape index (κ2) is 6.29. The molecule has 0 radical (unpaired) electrons. The van der Waals surface area contributed by atoms with Crippen molar-refractivity contribution in [3.8, 4) is 5.75 Å². The smallest absolute Gasteiger partial charge is 0.140 e. The van der Waals surface area contributed by atoms with Crippen molar-refractivity contribution in [3.05, 3.63) is 64.1 Å². The van der Waals surface area contributed by atoms with E-state index in [0.717, 1.165) is 5.56 Å². The van der Waals surface area contributed by atoms with Gasteiger partial charge in [-0.2, -0.15) is 0 Å². The number of halogens is 2. The normalized spacial score (nSPS) is 13.9. The summed E-state index contributed by atoms with van der Waals surface area (Å²) in [5.41, 5.74) is 7.01. The first kappa shape index (κ1) is 14.2. The van der Waals surface area contributed by atoms with Crippen molar-refractivity contribution < 1.29 is 4.74 Å². The molecule has 2 rings (SSSR count). The van der Waals surface area contributed by atoms with Gasteiger partial charge < -0.3 is 10.5 Å². The third kappa shape index (κ3) is 3.41. The zero-order chi connectivity index (χ0) is 13.8. The molecule has 0 aliphatic rings. The predicted molar refractivity (Wildman–Crippen MR) is 79.9 cm³/mol. The van der Waals surface area contributed by atoms with Crippen LogP contribution >= 0.6 is 23.2 Å². The van der Waals surface area contributed by atoms with Crippen LogP contribution in [0.4, 0.5) is 0 Å². The Morgan fingerprint density at radius 1 is 1.00 bits per heavy atom. The Labute approximate surface area is 123 Å². The second-order valence-corrected chi connectivity index (χ2v) is 5.15. The van der Waals surface area contributed by atoms with Crippen molar-refractivity contribution in [2.24, 2.45) is 5.73 Å². The van der Waals surface area contributed by atoms with Crippen LogP contribution in [-0.4, -0.2) is 6.04 Å². The Hall–Kier alpha value is -1.22. The molecule has 0 fully saturated rings. The summed E-state index contributed by atoms with van der Waals surface area (Å²) in [6.07, 6.45) is -0.267. The lowest BCUT2D eigenvalue weighted by molar-refractivity contribution is 0.180. The lowest BCUT2D eigenvalue weighted by atomic mass is 10.0. The average molecular weight is 296 g/mol. The van der Waals surface area contributed by atoms with Crippen molar-refractivity contribution in [1.82, 2.24) is 0 Å². The van der Waals surface area contributed by atoms with Gasteiger partial charge in [0.25, 0.3) is 0 Å². The molecule has 0 saturated heterocycles. The number of hydrogen-bond acceptors (Lipinski definition) is 2. The van der Waals surface area contributed by atoms with Gasteiger partial charge in [0.05, 0.1) is 5.02 Å². The van der Waals surface area contributed by atoms with Crippen LogP contribution < -0.4 is 10.5 Å². The molecule has 2 nitrogen and oxygen atoms in total. The summed E-state index contributed by atoms with van der Waals surface area (Å²) in [5.74, 6) is 0.542. The van der Waals surface area contributed by atoms with E-state index in [4.69, 9.17) is 33.7 Å². The standard InChI is InChI=1S/C15H15Cl2NO/c1-10(18)15(11-6-3-2-4-7-11)19-13-9-5-8-12(16)14(13)17/h2-10,15H,18H2,1H3. The summed E-state index contributed by atoms with van der Waals surface area (Å²) in [6.45, 7) is 1.90. The Morgan fingerprint density at radius 3 is 2.32 bits per heavy atom. The molecule has 2 N–H and O–H groups in total. The number of nitrogens with two attached hydrogens (primary N) is 1. The molecule has 19 heavy (non-hydrogen) atoms. The fraction of sp³-hybridized carbons (Fsp3) is 0.200. The molecule has 2 unspecified atom stereocenters. The Balaban J connectivity index is 2.30. The van der Waals surface area contributed by atoms with Gasteiger partial charge in [0.2, 0.25) is 0 Å². The maximum Gasteiger partial charge on any atom is 0.140 e. The molecule has 0 saturated carbocycles. The molecule has 0 heterocycles. The van der Waals surface area contributed by atoms with E-state index in [1.807, 2.05) is 37.3 Å². The summed E-state index contributed by atoms with van der Waals surface area (Å²) < 4.78 is 5.93. The fourth-order valence-electron chi connectivity index (χ4n) is 1.83. The van der Waals surface area contributed by atoms with Crippen LogP contribution in [0, 0.1) is 0 Å². The largest absolute Gasteiger partial charge is 0.482 e. The van der Waals surface area contributed by atoms with Crippen LogP contribution in [-0.2, 0) is 0 Å². The molecular formula is C15H15Cl2NO. The summed E-state index contributed by atoms with van der Waals surface area (Å²) >= 11 is 12.1. The van der Waals surface area contributed by atoms with Crippen LogP contribution in [0.2, 0.25) is 10.0 Å². The highest BCUT2D eigenvalue weighted by atomic mass is 35.5. The number of rotatable bonds is 4. The van der Waals surface area contributed by atoms with Crippen molar-refractivity contribution in [2.45, 2.75) is 19.1 Å². The highest BCUT2D eigenvalue weighted by Crippen LogP contribution is 2.34. The van der Waals surface area contributed by atoms with E-state index in [1.165, 1.54) is 0 Å². The minimum atomic E-state index is -0.267. The maximum atomic E-state index is 6.13. The number of ether oxygens (including phenoxy) is 1. The van der Waals surface area contributed by atoms with Crippen molar-refractivity contribution >= 4 is 23.2 Å². The van der Waals surface area contributed by atoms with E-state index in [0.29, 0.717) is 15.8 Å². The van der Waals surface area contributed by atoms with E-state index >= 15 is 0 Å². The van der Waals surface area contributed by atoms with Crippen molar-refractivity contribution in [3.63, 3.8) is 0 Å². The van der Waals surface area contributed by atoms with Crippen LogP contribution in [0.25, 0.3) is 0 Å². The highest BCUT2D eigenvalue weighted by molar-refractivity contribution is 6.42. The molecule has 4 heteroatoms. The zero-order valence-corrected chi connectivity index (χ0v) is 12.0. The van der Waals surface area contributed by atoms with Gasteiger partial charge in [-0.3, -0.25) is 0 Å². The van der Waals surface area contributed by atoms with Gasteiger partial charge in [0.15, 0.2) is 0 Å². The van der Waals surface area contributed by atoms with Crippen LogP contribution in [0.3, 0.4) is 0 Å². The second-order valence-electron chi connectivity index (χ2n) is 4.36. The maximum absolute atomic E-state index is 6.13. The SMILES string of the molecule is CC(N)C(Oc1cccc(Cl)c1Cl)c1ccccc1. The predicted octanol–water partition coefficient (Wildman–Crippen LogP) is 4.46. The van der Waals surface area contributed by atoms with E-state index in [1.54, 1.807) is 18.2 Å². The Kier molecular flexibility index (Phi) is 4.70. The monoisotopic (exact) mass is 295 g/mol. The van der Waals surface area contributed by atoms with Gasteiger partial charge >= 0.3 is 0 Å². The molecule has 0 aromatic heterocycles. The summed E-state index contributed by atoms with van der Waals surface area (Å²) in [4.78, 5) is 0. The third-order valence-corrected chi connectivity index (χ3v) is 3.58. The van der Waals surface area contributed by atoms with Gasteiger partial charge in [-0.25, -0.2) is 0 Å². The summed E-state index contributed by atoms with van der Waals surface area (Å²) in [5, 5.41) is 0.876. The summed E-state index contributed by atoms with van der Waals surface area (Å²) in [6, 6.07) is 14.9. The van der Waals surface area contributed by atoms with Gasteiger partial charge in [-0.05, 0) is 24.6 Å². The van der Waals surface area contributed by atoms with Crippen molar-refractivity contribution in [1.29, 1.82) is 0 Å². The average Bonchev–Trinajstić information content (AvgIpc) is 2.41. The fourth-order valence-corrected chi connectivity index (χ4v) is 2.17. The van der Waals surface area contributed by atoms with E-state index in [9.17, 15) is 0 Å². The summed E-state index contributed by atoms with van der Waals surface area (Å²) in [7, 11) is 0. The first-order chi connectivity index (χ1) is 9.09. The third-order valence-electron chi connectivity index (χ3n) is 2.78. The Morgan fingerprint density at radius 2 is 1.68 bits per heavy atom. The molecule has 100 valence electrons. The lowest BCUT2D eigenvalue weighted by Gasteiger charge is -2.23. The molecule has 0 aliphatic carbocycles.